The van der Waals surface area contributed by atoms with Gasteiger partial charge in [0.05, 0.1) is 44.3 Å². The Morgan fingerprint density at radius 1 is 0.250 bits per heavy atom. The second kappa shape index (κ2) is 19.7. The fourth-order valence-electron chi connectivity index (χ4n) is 15.2. The summed E-state index contributed by atoms with van der Waals surface area (Å²) < 4.78 is 4.67. The maximum absolute atomic E-state index is 16.0. The summed E-state index contributed by atoms with van der Waals surface area (Å²) in [6, 6.07) is 109. The summed E-state index contributed by atoms with van der Waals surface area (Å²) in [6.07, 6.45) is 0. The zero-order valence-corrected chi connectivity index (χ0v) is 48.6. The third-order valence-corrected chi connectivity index (χ3v) is 19.1. The third kappa shape index (κ3) is 7.39. The molecule has 2 aromatic heterocycles. The molecule has 88 heavy (non-hydrogen) atoms. The average Bonchev–Trinajstić information content (AvgIpc) is 0.696. The molecule has 17 rings (SSSR count). The molecule has 2 aliphatic rings. The molecule has 2 atom stereocenters. The first-order chi connectivity index (χ1) is 43.3. The maximum atomic E-state index is 16.0. The highest BCUT2D eigenvalue weighted by atomic mass is 16.1. The molecule has 2 aliphatic heterocycles. The Bertz CT molecular complexity index is 5020. The molecule has 4 nitrogen and oxygen atoms in total. The highest BCUT2D eigenvalue weighted by molar-refractivity contribution is 6.08. The Morgan fingerprint density at radius 2 is 0.568 bits per heavy atom. The standard InChI is InChI=1S/C84H56N2O2/c1-53-37-41-63(42-38-53)83(65-47-59(55-21-7-3-8-22-55)45-60(48-65)56-23-9-4-10-24-56)71-31-15-17-35-75(71)85-77-52-78-70(51-69(77)81(87)67-29-19-33-73(83)79(67)85)82(88)68-30-20-34-74-80(68)86(78)76-36-18-16-32-72(76)84(74,64-43-39-54(2)40-44-64)66-49-61(57-25-11-5-12-26-57)46-62(50-66)58-27-13-6-14-28-58/h3-52H,1-2H3. The van der Waals surface area contributed by atoms with Crippen molar-refractivity contribution in [1.82, 2.24) is 9.13 Å². The summed E-state index contributed by atoms with van der Waals surface area (Å²) in [6.45, 7) is 4.27. The van der Waals surface area contributed by atoms with E-state index in [9.17, 15) is 0 Å². The molecule has 4 heterocycles. The Balaban J connectivity index is 1.01. The van der Waals surface area contributed by atoms with Gasteiger partial charge in [0.1, 0.15) is 0 Å². The summed E-state index contributed by atoms with van der Waals surface area (Å²) in [7, 11) is 0. The van der Waals surface area contributed by atoms with Crippen molar-refractivity contribution in [3.8, 4) is 55.9 Å². The smallest absolute Gasteiger partial charge is 0.197 e. The summed E-state index contributed by atoms with van der Waals surface area (Å²) in [4.78, 5) is 32.1. The molecule has 4 heteroatoms. The number of para-hydroxylation sites is 4. The predicted octanol–water partition coefficient (Wildman–Crippen LogP) is 19.3. The number of rotatable bonds is 8. The van der Waals surface area contributed by atoms with E-state index in [1.54, 1.807) is 0 Å². The highest BCUT2D eigenvalue weighted by Crippen LogP contribution is 2.57. The Labute approximate surface area is 509 Å². The van der Waals surface area contributed by atoms with E-state index < -0.39 is 10.8 Å². The summed E-state index contributed by atoms with van der Waals surface area (Å²) in [5, 5.41) is 2.14. The predicted molar refractivity (Wildman–Crippen MR) is 363 cm³/mol. The van der Waals surface area contributed by atoms with Crippen molar-refractivity contribution in [1.29, 1.82) is 0 Å². The van der Waals surface area contributed by atoms with Crippen LogP contribution in [0.5, 0.6) is 0 Å². The van der Waals surface area contributed by atoms with Crippen molar-refractivity contribution in [2.45, 2.75) is 24.7 Å². The van der Waals surface area contributed by atoms with Crippen LogP contribution < -0.4 is 10.9 Å². The second-order valence-electron chi connectivity index (χ2n) is 23.9. The van der Waals surface area contributed by atoms with Crippen LogP contribution in [0.3, 0.4) is 0 Å². The Kier molecular flexibility index (Phi) is 11.5. The molecular weight excluding hydrogens is 1070 g/mol. The van der Waals surface area contributed by atoms with Crippen LogP contribution in [0.2, 0.25) is 0 Å². The minimum atomic E-state index is -0.917. The van der Waals surface area contributed by atoms with Gasteiger partial charge in [0, 0.05) is 21.5 Å². The Morgan fingerprint density at radius 3 is 0.920 bits per heavy atom. The lowest BCUT2D eigenvalue weighted by atomic mass is 9.62. The molecule has 2 unspecified atom stereocenters. The maximum Gasteiger partial charge on any atom is 0.197 e. The third-order valence-electron chi connectivity index (χ3n) is 19.1. The molecule has 0 fully saturated rings. The van der Waals surface area contributed by atoms with Crippen LogP contribution >= 0.6 is 0 Å². The van der Waals surface area contributed by atoms with Gasteiger partial charge in [-0.25, -0.2) is 0 Å². The topological polar surface area (TPSA) is 44.0 Å². The molecule has 15 aromatic rings. The zero-order valence-electron chi connectivity index (χ0n) is 48.6. The fourth-order valence-corrected chi connectivity index (χ4v) is 15.2. The molecule has 0 saturated heterocycles. The second-order valence-corrected chi connectivity index (χ2v) is 23.9. The van der Waals surface area contributed by atoms with Crippen molar-refractivity contribution in [2.24, 2.45) is 0 Å². The van der Waals surface area contributed by atoms with Gasteiger partial charge in [0.15, 0.2) is 10.9 Å². The Hall–Kier alpha value is -11.2. The minimum absolute atomic E-state index is 0.122. The summed E-state index contributed by atoms with van der Waals surface area (Å²) in [5.74, 6) is 0. The molecule has 0 N–H and O–H groups in total. The van der Waals surface area contributed by atoms with Crippen molar-refractivity contribution in [3.63, 3.8) is 0 Å². The number of hydrogen-bond donors (Lipinski definition) is 0. The van der Waals surface area contributed by atoms with E-state index in [1.807, 2.05) is 18.2 Å². The molecule has 414 valence electrons. The van der Waals surface area contributed by atoms with Gasteiger partial charge in [-0.05, 0) is 176 Å². The van der Waals surface area contributed by atoms with Gasteiger partial charge in [-0.3, -0.25) is 9.59 Å². The van der Waals surface area contributed by atoms with Crippen molar-refractivity contribution in [2.75, 3.05) is 0 Å². The van der Waals surface area contributed by atoms with E-state index in [0.29, 0.717) is 21.5 Å². The number of nitrogens with zero attached hydrogens (tertiary/aromatic N) is 2. The molecule has 0 bridgehead atoms. The van der Waals surface area contributed by atoms with Crippen LogP contribution in [0.15, 0.2) is 313 Å². The van der Waals surface area contributed by atoms with E-state index in [-0.39, 0.29) is 10.9 Å². The number of aromatic nitrogens is 2. The van der Waals surface area contributed by atoms with Crippen LogP contribution in [0.4, 0.5) is 0 Å². The highest BCUT2D eigenvalue weighted by Gasteiger charge is 2.48. The van der Waals surface area contributed by atoms with Crippen LogP contribution in [-0.2, 0) is 10.8 Å². The van der Waals surface area contributed by atoms with Gasteiger partial charge in [0.2, 0.25) is 0 Å². The first-order valence-corrected chi connectivity index (χ1v) is 30.3. The molecule has 0 saturated carbocycles. The lowest BCUT2D eigenvalue weighted by Gasteiger charge is -2.43. The van der Waals surface area contributed by atoms with Crippen LogP contribution in [0.25, 0.3) is 99.5 Å². The molecule has 0 spiro atoms. The molecular formula is C84H56N2O2. The lowest BCUT2D eigenvalue weighted by Crippen LogP contribution is -2.37. The van der Waals surface area contributed by atoms with Gasteiger partial charge >= 0.3 is 0 Å². The fraction of sp³-hybridized carbons (Fsp3) is 0.0476. The van der Waals surface area contributed by atoms with Crippen LogP contribution in [-0.4, -0.2) is 9.13 Å². The zero-order chi connectivity index (χ0) is 58.8. The normalized spacial score (nSPS) is 15.6. The van der Waals surface area contributed by atoms with Gasteiger partial charge < -0.3 is 9.13 Å². The van der Waals surface area contributed by atoms with Gasteiger partial charge in [-0.15, -0.1) is 0 Å². The van der Waals surface area contributed by atoms with E-state index >= 15 is 9.59 Å². The number of pyridine rings is 2. The number of benzene rings is 13. The number of hydrogen-bond acceptors (Lipinski definition) is 2. The number of fused-ring (bicyclic) bond motifs is 8. The summed E-state index contributed by atoms with van der Waals surface area (Å²) in [5.41, 5.74) is 22.6. The number of aryl methyl sites for hydroxylation is 2. The largest absolute Gasteiger partial charge is 0.308 e. The summed E-state index contributed by atoms with van der Waals surface area (Å²) >= 11 is 0. The first kappa shape index (κ1) is 51.2. The van der Waals surface area contributed by atoms with Crippen LogP contribution in [0, 0.1) is 13.8 Å². The van der Waals surface area contributed by atoms with E-state index in [4.69, 9.17) is 0 Å². The molecule has 0 amide bonds. The van der Waals surface area contributed by atoms with Gasteiger partial charge in [-0.1, -0.05) is 242 Å². The average molecular weight is 1130 g/mol. The molecule has 0 radical (unpaired) electrons. The van der Waals surface area contributed by atoms with Gasteiger partial charge in [0.25, 0.3) is 0 Å². The van der Waals surface area contributed by atoms with E-state index in [1.165, 1.54) is 0 Å². The monoisotopic (exact) mass is 1120 g/mol. The van der Waals surface area contributed by atoms with E-state index in [2.05, 4.69) is 308 Å². The quantitative estimate of drug-likeness (QED) is 0.142. The van der Waals surface area contributed by atoms with Crippen LogP contribution in [0.1, 0.15) is 55.6 Å². The molecule has 13 aromatic carbocycles. The van der Waals surface area contributed by atoms with Gasteiger partial charge in [-0.2, -0.15) is 0 Å². The van der Waals surface area contributed by atoms with Crippen molar-refractivity contribution >= 4 is 43.6 Å². The van der Waals surface area contributed by atoms with Crippen molar-refractivity contribution in [3.05, 3.63) is 379 Å². The van der Waals surface area contributed by atoms with Crippen molar-refractivity contribution < 1.29 is 0 Å². The first-order valence-electron chi connectivity index (χ1n) is 30.3. The SMILES string of the molecule is Cc1ccc(C2(c3cc(-c4ccccc4)cc(-c4ccccc4)c3)c3ccccc3-n3c4cc5c(cc4c(=O)c4cccc2c43)c(=O)c2cccc3c2n5-c2ccccc2C3(c2ccc(C)cc2)c2cc(-c3ccccc3)cc(-c3ccccc3)c2)cc1. The van der Waals surface area contributed by atoms with E-state index in [0.717, 1.165) is 134 Å². The molecule has 0 aliphatic carbocycles. The minimum Gasteiger partial charge on any atom is -0.308 e. The lowest BCUT2D eigenvalue weighted by molar-refractivity contribution is 0.726.